The lowest BCUT2D eigenvalue weighted by Crippen LogP contribution is -2.15. The van der Waals surface area contributed by atoms with Crippen molar-refractivity contribution in [1.82, 2.24) is 4.98 Å². The van der Waals surface area contributed by atoms with E-state index in [1.807, 2.05) is 6.07 Å². The van der Waals surface area contributed by atoms with Gasteiger partial charge in [0.15, 0.2) is 16.6 Å². The summed E-state index contributed by atoms with van der Waals surface area (Å²) in [6, 6.07) is 5.09. The highest BCUT2D eigenvalue weighted by molar-refractivity contribution is 7.93. The molecule has 0 saturated carbocycles. The number of hydrogen-bond donors (Lipinski definition) is 1. The molecule has 9 heteroatoms. The number of anilines is 1. The number of aryl methyl sites for hydroxylation is 2. The average molecular weight is 409 g/mol. The Labute approximate surface area is 161 Å². The first-order valence-corrected chi connectivity index (χ1v) is 10.9. The number of fused-ring (bicyclic) bond motifs is 1. The van der Waals surface area contributed by atoms with Crippen LogP contribution in [0.25, 0.3) is 0 Å². The van der Waals surface area contributed by atoms with E-state index < -0.39 is 16.0 Å². The minimum atomic E-state index is -3.88. The molecule has 0 bridgehead atoms. The van der Waals surface area contributed by atoms with Gasteiger partial charge in [-0.2, -0.15) is 0 Å². The molecule has 0 fully saturated rings. The normalized spacial score (nSPS) is 13.7. The molecule has 2 aromatic rings. The smallest absolute Gasteiger partial charge is 0.358 e. The maximum atomic E-state index is 12.7. The summed E-state index contributed by atoms with van der Waals surface area (Å²) in [5, 5.41) is -0.0408. The zero-order chi connectivity index (χ0) is 19.6. The van der Waals surface area contributed by atoms with Crippen molar-refractivity contribution in [2.45, 2.75) is 44.4 Å². The van der Waals surface area contributed by atoms with Crippen molar-refractivity contribution >= 4 is 38.2 Å². The standard InChI is InChI=1S/C18H20N2O5S2/c1-3-25-17(22)15-16(11(2)21)26-18(19-15)20-27(23,24)14-9-8-12-6-4-5-7-13(12)10-14/h8-10H,3-7H2,1-2H3,(H,19,20). The number of aromatic nitrogens is 1. The van der Waals surface area contributed by atoms with Crippen molar-refractivity contribution in [2.24, 2.45) is 0 Å². The molecule has 7 nitrogen and oxygen atoms in total. The fraction of sp³-hybridized carbons (Fsp3) is 0.389. The summed E-state index contributed by atoms with van der Waals surface area (Å²) in [7, 11) is -3.88. The molecule has 0 atom stereocenters. The van der Waals surface area contributed by atoms with Crippen LogP contribution in [0.15, 0.2) is 23.1 Å². The van der Waals surface area contributed by atoms with Gasteiger partial charge in [0.25, 0.3) is 10.0 Å². The van der Waals surface area contributed by atoms with Gasteiger partial charge in [0, 0.05) is 6.92 Å². The number of rotatable bonds is 6. The second kappa shape index (κ2) is 7.77. The number of ether oxygens (including phenoxy) is 1. The first-order chi connectivity index (χ1) is 12.8. The topological polar surface area (TPSA) is 102 Å². The number of carbonyl (C=O) groups excluding carboxylic acids is 2. The number of sulfonamides is 1. The van der Waals surface area contributed by atoms with Gasteiger partial charge in [-0.05, 0) is 55.9 Å². The summed E-state index contributed by atoms with van der Waals surface area (Å²) >= 11 is 0.820. The Morgan fingerprint density at radius 1 is 1.22 bits per heavy atom. The third-order valence-corrected chi connectivity index (χ3v) is 6.81. The molecular weight excluding hydrogens is 388 g/mol. The van der Waals surface area contributed by atoms with E-state index in [9.17, 15) is 18.0 Å². The first-order valence-electron chi connectivity index (χ1n) is 8.65. The number of thiazole rings is 1. The Morgan fingerprint density at radius 3 is 2.59 bits per heavy atom. The van der Waals surface area contributed by atoms with Crippen LogP contribution in [0.1, 0.15) is 58.0 Å². The lowest BCUT2D eigenvalue weighted by molar-refractivity contribution is 0.0517. The number of nitrogens with zero attached hydrogens (tertiary/aromatic N) is 1. The molecule has 1 N–H and O–H groups in total. The fourth-order valence-corrected chi connectivity index (χ4v) is 5.12. The van der Waals surface area contributed by atoms with Crippen LogP contribution in [-0.2, 0) is 27.6 Å². The van der Waals surface area contributed by atoms with Crippen molar-refractivity contribution < 1.29 is 22.7 Å². The fourth-order valence-electron chi connectivity index (χ4n) is 2.99. The van der Waals surface area contributed by atoms with E-state index in [2.05, 4.69) is 9.71 Å². The second-order valence-corrected chi connectivity index (χ2v) is 8.90. The van der Waals surface area contributed by atoms with E-state index >= 15 is 0 Å². The molecule has 1 aliphatic carbocycles. The summed E-state index contributed by atoms with van der Waals surface area (Å²) in [5.41, 5.74) is 2.05. The lowest BCUT2D eigenvalue weighted by atomic mass is 9.92. The van der Waals surface area contributed by atoms with Crippen molar-refractivity contribution in [3.8, 4) is 0 Å². The molecule has 0 aliphatic heterocycles. The molecule has 27 heavy (non-hydrogen) atoms. The second-order valence-electron chi connectivity index (χ2n) is 6.22. The van der Waals surface area contributed by atoms with Gasteiger partial charge in [-0.15, -0.1) is 0 Å². The van der Waals surface area contributed by atoms with E-state index in [0.717, 1.165) is 42.6 Å². The molecule has 0 spiro atoms. The number of nitrogens with one attached hydrogen (secondary N) is 1. The van der Waals surface area contributed by atoms with Crippen LogP contribution in [-0.4, -0.2) is 31.8 Å². The van der Waals surface area contributed by atoms with Crippen LogP contribution < -0.4 is 4.72 Å². The minimum Gasteiger partial charge on any atom is -0.461 e. The number of benzene rings is 1. The highest BCUT2D eigenvalue weighted by Crippen LogP contribution is 2.28. The molecule has 1 heterocycles. The molecule has 0 saturated heterocycles. The number of carbonyl (C=O) groups is 2. The van der Waals surface area contributed by atoms with Gasteiger partial charge in [-0.1, -0.05) is 17.4 Å². The quantitative estimate of drug-likeness (QED) is 0.582. The predicted molar refractivity (Wildman–Crippen MR) is 102 cm³/mol. The predicted octanol–water partition coefficient (Wildman–Crippen LogP) is 3.20. The third-order valence-electron chi connectivity index (χ3n) is 4.27. The summed E-state index contributed by atoms with van der Waals surface area (Å²) in [5.74, 6) is -1.13. The highest BCUT2D eigenvalue weighted by Gasteiger charge is 2.25. The molecular formula is C18H20N2O5S2. The van der Waals surface area contributed by atoms with Gasteiger partial charge in [0.2, 0.25) is 0 Å². The van der Waals surface area contributed by atoms with Crippen LogP contribution >= 0.6 is 11.3 Å². The van der Waals surface area contributed by atoms with Gasteiger partial charge in [0.05, 0.1) is 11.5 Å². The molecule has 1 aliphatic rings. The van der Waals surface area contributed by atoms with Crippen molar-refractivity contribution in [1.29, 1.82) is 0 Å². The minimum absolute atomic E-state index is 0.0408. The van der Waals surface area contributed by atoms with E-state index in [1.165, 1.54) is 12.5 Å². The SMILES string of the molecule is CCOC(=O)c1nc(NS(=O)(=O)c2ccc3c(c2)CCCC3)sc1C(C)=O. The zero-order valence-corrected chi connectivity index (χ0v) is 16.7. The zero-order valence-electron chi connectivity index (χ0n) is 15.1. The average Bonchev–Trinajstić information content (AvgIpc) is 3.05. The van der Waals surface area contributed by atoms with E-state index in [1.54, 1.807) is 19.1 Å². The van der Waals surface area contributed by atoms with Crippen LogP contribution in [0.5, 0.6) is 0 Å². The number of ketones is 1. The van der Waals surface area contributed by atoms with E-state index in [-0.39, 0.29) is 33.0 Å². The van der Waals surface area contributed by atoms with Gasteiger partial charge >= 0.3 is 5.97 Å². The molecule has 1 aromatic heterocycles. The van der Waals surface area contributed by atoms with Crippen LogP contribution in [0.4, 0.5) is 5.13 Å². The number of hydrogen-bond acceptors (Lipinski definition) is 7. The van der Waals surface area contributed by atoms with Crippen molar-refractivity contribution in [3.05, 3.63) is 39.9 Å². The molecule has 0 radical (unpaired) electrons. The van der Waals surface area contributed by atoms with Crippen molar-refractivity contribution in [3.63, 3.8) is 0 Å². The molecule has 144 valence electrons. The Bertz CT molecular complexity index is 995. The number of Topliss-reactive ketones (excluding diaryl/α,β-unsaturated/α-hetero) is 1. The summed E-state index contributed by atoms with van der Waals surface area (Å²) in [6.45, 7) is 3.05. The molecule has 3 rings (SSSR count). The van der Waals surface area contributed by atoms with Gasteiger partial charge in [-0.3, -0.25) is 9.52 Å². The lowest BCUT2D eigenvalue weighted by Gasteiger charge is -2.16. The van der Waals surface area contributed by atoms with E-state index in [0.29, 0.717) is 0 Å². The largest absolute Gasteiger partial charge is 0.461 e. The molecule has 0 unspecified atom stereocenters. The van der Waals surface area contributed by atoms with E-state index in [4.69, 9.17) is 4.74 Å². The Hall–Kier alpha value is -2.26. The summed E-state index contributed by atoms with van der Waals surface area (Å²) in [6.07, 6.45) is 3.97. The third kappa shape index (κ3) is 4.19. The molecule has 1 aromatic carbocycles. The van der Waals surface area contributed by atoms with Crippen LogP contribution in [0.3, 0.4) is 0 Å². The van der Waals surface area contributed by atoms with Gasteiger partial charge < -0.3 is 4.74 Å². The molecule has 0 amide bonds. The van der Waals surface area contributed by atoms with Crippen molar-refractivity contribution in [2.75, 3.05) is 11.3 Å². The van der Waals surface area contributed by atoms with Crippen LogP contribution in [0, 0.1) is 0 Å². The van der Waals surface area contributed by atoms with Gasteiger partial charge in [-0.25, -0.2) is 18.2 Å². The maximum absolute atomic E-state index is 12.7. The Morgan fingerprint density at radius 2 is 1.93 bits per heavy atom. The first kappa shape index (κ1) is 19.5. The maximum Gasteiger partial charge on any atom is 0.358 e. The summed E-state index contributed by atoms with van der Waals surface area (Å²) in [4.78, 5) is 27.9. The highest BCUT2D eigenvalue weighted by atomic mass is 32.2. The van der Waals surface area contributed by atoms with Gasteiger partial charge in [0.1, 0.15) is 4.88 Å². The Balaban J connectivity index is 1.91. The Kier molecular flexibility index (Phi) is 5.61. The summed E-state index contributed by atoms with van der Waals surface area (Å²) < 4.78 is 32.7. The number of esters is 1. The monoisotopic (exact) mass is 408 g/mol. The van der Waals surface area contributed by atoms with Crippen LogP contribution in [0.2, 0.25) is 0 Å².